The highest BCUT2D eigenvalue weighted by Crippen LogP contribution is 2.45. The first-order valence-electron chi connectivity index (χ1n) is 11.1. The Morgan fingerprint density at radius 1 is 1.03 bits per heavy atom. The van der Waals surface area contributed by atoms with Crippen LogP contribution in [0.3, 0.4) is 0 Å². The third-order valence-electron chi connectivity index (χ3n) is 6.07. The van der Waals surface area contributed by atoms with E-state index in [4.69, 9.17) is 23.4 Å². The molecule has 178 valence electrons. The SMILES string of the molecule is CCOc1cc2c(cc1OC)C(c1cnc(OC)nc1)=N[C@@H]1CC[C@@H](OS(=O)(=O)CC)C[C@H]21. The van der Waals surface area contributed by atoms with Crippen molar-refractivity contribution < 1.29 is 26.8 Å². The van der Waals surface area contributed by atoms with Gasteiger partial charge in [-0.15, -0.1) is 0 Å². The Bertz CT molecular complexity index is 1130. The topological polar surface area (TPSA) is 109 Å². The number of methoxy groups -OCH3 is 2. The molecule has 0 unspecified atom stereocenters. The predicted octanol–water partition coefficient (Wildman–Crippen LogP) is 3.11. The van der Waals surface area contributed by atoms with Gasteiger partial charge in [0.05, 0.1) is 44.4 Å². The molecule has 3 atom stereocenters. The maximum atomic E-state index is 12.1. The molecule has 1 aromatic heterocycles. The van der Waals surface area contributed by atoms with Crippen LogP contribution in [0.15, 0.2) is 29.5 Å². The molecule has 0 N–H and O–H groups in total. The molecule has 0 bridgehead atoms. The van der Waals surface area contributed by atoms with Gasteiger partial charge in [0.25, 0.3) is 10.1 Å². The second-order valence-electron chi connectivity index (χ2n) is 8.01. The van der Waals surface area contributed by atoms with Gasteiger partial charge >= 0.3 is 6.01 Å². The highest BCUT2D eigenvalue weighted by Gasteiger charge is 2.39. The first-order valence-corrected chi connectivity index (χ1v) is 12.7. The number of aromatic nitrogens is 2. The number of ether oxygens (including phenoxy) is 3. The lowest BCUT2D eigenvalue weighted by Crippen LogP contribution is -2.36. The Morgan fingerprint density at radius 3 is 2.42 bits per heavy atom. The molecule has 10 heteroatoms. The first-order chi connectivity index (χ1) is 15.9. The summed E-state index contributed by atoms with van der Waals surface area (Å²) in [6.45, 7) is 4.01. The number of hydrogen-bond donors (Lipinski definition) is 0. The second kappa shape index (κ2) is 9.64. The van der Waals surface area contributed by atoms with Crippen molar-refractivity contribution in [2.75, 3.05) is 26.6 Å². The van der Waals surface area contributed by atoms with Crippen LogP contribution in [0.2, 0.25) is 0 Å². The van der Waals surface area contributed by atoms with Gasteiger partial charge in [-0.05, 0) is 50.8 Å². The zero-order valence-electron chi connectivity index (χ0n) is 19.3. The fourth-order valence-corrected chi connectivity index (χ4v) is 5.22. The number of fused-ring (bicyclic) bond motifs is 3. The molecule has 2 heterocycles. The highest BCUT2D eigenvalue weighted by atomic mass is 32.2. The van der Waals surface area contributed by atoms with Gasteiger partial charge in [-0.2, -0.15) is 8.42 Å². The standard InChI is InChI=1S/C23H29N3O6S/c1-5-31-21-10-16-17-9-15(32-33(27,28)6-2)7-8-19(17)26-22(18(16)11-20(21)29-3)14-12-24-23(30-4)25-13-14/h10-13,15,17,19H,5-9H2,1-4H3/t15-,17-,19-/m1/s1. The van der Waals surface area contributed by atoms with Crippen molar-refractivity contribution in [1.82, 2.24) is 9.97 Å². The Labute approximate surface area is 194 Å². The van der Waals surface area contributed by atoms with E-state index in [1.807, 2.05) is 19.1 Å². The lowest BCUT2D eigenvalue weighted by Gasteiger charge is -2.38. The van der Waals surface area contributed by atoms with Crippen LogP contribution in [0.5, 0.6) is 17.5 Å². The Morgan fingerprint density at radius 2 is 1.79 bits per heavy atom. The van der Waals surface area contributed by atoms with Gasteiger partial charge in [0.15, 0.2) is 11.5 Å². The van der Waals surface area contributed by atoms with Crippen molar-refractivity contribution in [2.45, 2.75) is 51.2 Å². The molecule has 2 aliphatic rings. The summed E-state index contributed by atoms with van der Waals surface area (Å²) in [5, 5.41) is 0. The zero-order chi connectivity index (χ0) is 23.6. The third kappa shape index (κ3) is 4.81. The monoisotopic (exact) mass is 475 g/mol. The van der Waals surface area contributed by atoms with E-state index in [9.17, 15) is 8.42 Å². The van der Waals surface area contributed by atoms with Gasteiger partial charge in [-0.3, -0.25) is 9.18 Å². The van der Waals surface area contributed by atoms with Crippen LogP contribution in [0.1, 0.15) is 55.7 Å². The summed E-state index contributed by atoms with van der Waals surface area (Å²) in [7, 11) is -0.410. The van der Waals surface area contributed by atoms with E-state index in [1.54, 1.807) is 26.4 Å². The molecule has 1 aromatic carbocycles. The summed E-state index contributed by atoms with van der Waals surface area (Å²) in [6, 6.07) is 4.19. The van der Waals surface area contributed by atoms with Crippen LogP contribution in [0.4, 0.5) is 0 Å². The van der Waals surface area contributed by atoms with E-state index < -0.39 is 10.1 Å². The molecule has 33 heavy (non-hydrogen) atoms. The third-order valence-corrected chi connectivity index (χ3v) is 7.34. The van der Waals surface area contributed by atoms with Gasteiger partial charge in [0.1, 0.15) is 0 Å². The Balaban J connectivity index is 1.78. The minimum atomic E-state index is -3.53. The van der Waals surface area contributed by atoms with E-state index in [0.29, 0.717) is 37.4 Å². The molecule has 9 nitrogen and oxygen atoms in total. The van der Waals surface area contributed by atoms with Crippen LogP contribution in [-0.2, 0) is 14.3 Å². The average molecular weight is 476 g/mol. The van der Waals surface area contributed by atoms with E-state index in [2.05, 4.69) is 9.97 Å². The summed E-state index contributed by atoms with van der Waals surface area (Å²) in [5.41, 5.74) is 3.47. The van der Waals surface area contributed by atoms with Crippen LogP contribution >= 0.6 is 0 Å². The maximum absolute atomic E-state index is 12.1. The van der Waals surface area contributed by atoms with Crippen LogP contribution in [0, 0.1) is 0 Å². The maximum Gasteiger partial charge on any atom is 0.316 e. The van der Waals surface area contributed by atoms with Crippen molar-refractivity contribution in [3.05, 3.63) is 41.2 Å². The van der Waals surface area contributed by atoms with Gasteiger partial charge in [0.2, 0.25) is 0 Å². The summed E-state index contributed by atoms with van der Waals surface area (Å²) in [6.07, 6.45) is 4.92. The minimum Gasteiger partial charge on any atom is -0.493 e. The molecule has 1 aliphatic carbocycles. The molecule has 1 saturated carbocycles. The molecular weight excluding hydrogens is 446 g/mol. The molecule has 0 saturated heterocycles. The van der Waals surface area contributed by atoms with E-state index in [-0.39, 0.29) is 29.8 Å². The van der Waals surface area contributed by atoms with Crippen molar-refractivity contribution in [1.29, 1.82) is 0 Å². The smallest absolute Gasteiger partial charge is 0.316 e. The Kier molecular flexibility index (Phi) is 6.85. The molecular formula is C23H29N3O6S. The van der Waals surface area contributed by atoms with Crippen molar-refractivity contribution in [3.8, 4) is 17.5 Å². The zero-order valence-corrected chi connectivity index (χ0v) is 20.1. The lowest BCUT2D eigenvalue weighted by molar-refractivity contribution is 0.140. The normalized spacial score (nSPS) is 22.1. The number of hydrogen-bond acceptors (Lipinski definition) is 9. The Hall–Kier alpha value is -2.72. The van der Waals surface area contributed by atoms with Crippen molar-refractivity contribution in [2.24, 2.45) is 4.99 Å². The van der Waals surface area contributed by atoms with E-state index in [0.717, 1.165) is 22.4 Å². The number of nitrogens with zero attached hydrogens (tertiary/aromatic N) is 3. The average Bonchev–Trinajstić information content (AvgIpc) is 2.83. The summed E-state index contributed by atoms with van der Waals surface area (Å²) in [5.74, 6) is 1.21. The molecule has 2 aromatic rings. The largest absolute Gasteiger partial charge is 0.493 e. The summed E-state index contributed by atoms with van der Waals surface area (Å²) in [4.78, 5) is 13.6. The molecule has 1 aliphatic heterocycles. The van der Waals surface area contributed by atoms with Crippen LogP contribution in [-0.4, -0.2) is 62.8 Å². The number of benzene rings is 1. The second-order valence-corrected chi connectivity index (χ2v) is 9.90. The van der Waals surface area contributed by atoms with Gasteiger partial charge in [-0.1, -0.05) is 0 Å². The number of aliphatic imine (C=N–C) groups is 1. The summed E-state index contributed by atoms with van der Waals surface area (Å²) >= 11 is 0. The van der Waals surface area contributed by atoms with Gasteiger partial charge in [0, 0.05) is 29.4 Å². The molecule has 0 radical (unpaired) electrons. The quantitative estimate of drug-likeness (QED) is 0.536. The fraction of sp³-hybridized carbons (Fsp3) is 0.522. The lowest BCUT2D eigenvalue weighted by atomic mass is 9.74. The van der Waals surface area contributed by atoms with E-state index >= 15 is 0 Å². The van der Waals surface area contributed by atoms with Gasteiger partial charge in [-0.25, -0.2) is 9.97 Å². The van der Waals surface area contributed by atoms with Crippen molar-refractivity contribution >= 4 is 15.8 Å². The predicted molar refractivity (Wildman–Crippen MR) is 123 cm³/mol. The molecule has 4 rings (SSSR count). The fourth-order valence-electron chi connectivity index (χ4n) is 4.49. The molecule has 1 fully saturated rings. The molecule has 0 spiro atoms. The highest BCUT2D eigenvalue weighted by molar-refractivity contribution is 7.86. The molecule has 0 amide bonds. The number of rotatable bonds is 8. The summed E-state index contributed by atoms with van der Waals surface area (Å²) < 4.78 is 46.1. The first kappa shape index (κ1) is 23.4. The van der Waals surface area contributed by atoms with E-state index in [1.165, 1.54) is 7.11 Å². The van der Waals surface area contributed by atoms with Crippen molar-refractivity contribution in [3.63, 3.8) is 0 Å². The minimum absolute atomic E-state index is 0.00108. The van der Waals surface area contributed by atoms with Crippen LogP contribution < -0.4 is 14.2 Å². The van der Waals surface area contributed by atoms with Crippen LogP contribution in [0.25, 0.3) is 0 Å². The van der Waals surface area contributed by atoms with Gasteiger partial charge < -0.3 is 14.2 Å².